The summed E-state index contributed by atoms with van der Waals surface area (Å²) in [5.41, 5.74) is 0. The van der Waals surface area contributed by atoms with Crippen molar-refractivity contribution in [3.05, 3.63) is 29.3 Å². The van der Waals surface area contributed by atoms with Gasteiger partial charge in [-0.25, -0.2) is 0 Å². The van der Waals surface area contributed by atoms with E-state index in [0.717, 1.165) is 17.3 Å². The van der Waals surface area contributed by atoms with Gasteiger partial charge >= 0.3 is 0 Å². The van der Waals surface area contributed by atoms with Crippen molar-refractivity contribution in [1.82, 2.24) is 5.32 Å². The van der Waals surface area contributed by atoms with Gasteiger partial charge in [0.1, 0.15) is 0 Å². The molecule has 1 aromatic carbocycles. The van der Waals surface area contributed by atoms with E-state index in [4.69, 9.17) is 11.6 Å². The fourth-order valence-corrected chi connectivity index (χ4v) is 2.23. The molecule has 0 radical (unpaired) electrons. The van der Waals surface area contributed by atoms with E-state index in [1.54, 1.807) is 0 Å². The van der Waals surface area contributed by atoms with Crippen molar-refractivity contribution in [2.75, 3.05) is 19.3 Å². The molecule has 0 saturated carbocycles. The zero-order chi connectivity index (χ0) is 10.4. The molecule has 1 atom stereocenters. The van der Waals surface area contributed by atoms with Crippen LogP contribution in [0.4, 0.5) is 0 Å². The third kappa shape index (κ3) is 4.36. The highest BCUT2D eigenvalue weighted by atomic mass is 35.5. The summed E-state index contributed by atoms with van der Waals surface area (Å²) in [7, 11) is 1.99. The molecule has 0 bridgehead atoms. The first kappa shape index (κ1) is 11.9. The molecule has 0 amide bonds. The predicted molar refractivity (Wildman–Crippen MR) is 65.3 cm³/mol. The van der Waals surface area contributed by atoms with Crippen molar-refractivity contribution in [3.8, 4) is 0 Å². The summed E-state index contributed by atoms with van der Waals surface area (Å²) in [5.74, 6) is 1.84. The van der Waals surface area contributed by atoms with Gasteiger partial charge in [-0.15, -0.1) is 11.8 Å². The third-order valence-corrected chi connectivity index (χ3v) is 3.49. The quantitative estimate of drug-likeness (QED) is 0.778. The maximum Gasteiger partial charge on any atom is 0.0406 e. The van der Waals surface area contributed by atoms with E-state index in [1.807, 2.05) is 30.9 Å². The van der Waals surface area contributed by atoms with E-state index in [2.05, 4.69) is 24.4 Å². The smallest absolute Gasteiger partial charge is 0.0406 e. The summed E-state index contributed by atoms with van der Waals surface area (Å²) < 4.78 is 0. The minimum atomic E-state index is 0.695. The summed E-state index contributed by atoms with van der Waals surface area (Å²) in [6.45, 7) is 3.32. The van der Waals surface area contributed by atoms with Crippen LogP contribution in [-0.4, -0.2) is 19.3 Å². The molecule has 3 heteroatoms. The Bertz CT molecular complexity index is 260. The number of benzene rings is 1. The van der Waals surface area contributed by atoms with Crippen LogP contribution in [0.5, 0.6) is 0 Å². The normalized spacial score (nSPS) is 12.8. The minimum absolute atomic E-state index is 0.695. The van der Waals surface area contributed by atoms with Crippen LogP contribution < -0.4 is 5.32 Å². The summed E-state index contributed by atoms with van der Waals surface area (Å²) in [6.07, 6.45) is 0. The highest BCUT2D eigenvalue weighted by Gasteiger charge is 2.01. The van der Waals surface area contributed by atoms with Crippen molar-refractivity contribution in [3.63, 3.8) is 0 Å². The van der Waals surface area contributed by atoms with Crippen molar-refractivity contribution >= 4 is 23.4 Å². The molecule has 1 rings (SSSR count). The first-order valence-corrected chi connectivity index (χ1v) is 6.11. The molecule has 14 heavy (non-hydrogen) atoms. The molecule has 0 aliphatic heterocycles. The monoisotopic (exact) mass is 229 g/mol. The van der Waals surface area contributed by atoms with Gasteiger partial charge in [0.25, 0.3) is 0 Å². The second-order valence-electron chi connectivity index (χ2n) is 3.43. The Balaban J connectivity index is 2.34. The van der Waals surface area contributed by atoms with Crippen LogP contribution in [0.15, 0.2) is 29.2 Å². The van der Waals surface area contributed by atoms with Crippen LogP contribution in [-0.2, 0) is 0 Å². The Labute approximate surface area is 95.2 Å². The molecule has 0 heterocycles. The van der Waals surface area contributed by atoms with E-state index in [-0.39, 0.29) is 0 Å². The van der Waals surface area contributed by atoms with E-state index in [0.29, 0.717) is 5.92 Å². The summed E-state index contributed by atoms with van der Waals surface area (Å²) >= 11 is 7.68. The van der Waals surface area contributed by atoms with Crippen LogP contribution in [0.2, 0.25) is 5.02 Å². The van der Waals surface area contributed by atoms with Crippen LogP contribution >= 0.6 is 23.4 Å². The lowest BCUT2D eigenvalue weighted by Crippen LogP contribution is -2.17. The van der Waals surface area contributed by atoms with Crippen molar-refractivity contribution in [1.29, 1.82) is 0 Å². The Morgan fingerprint density at radius 2 is 2.00 bits per heavy atom. The van der Waals surface area contributed by atoms with Crippen molar-refractivity contribution in [2.24, 2.45) is 5.92 Å². The fourth-order valence-electron chi connectivity index (χ4n) is 1.18. The predicted octanol–water partition coefficient (Wildman–Crippen LogP) is 3.29. The molecule has 1 aromatic rings. The number of nitrogens with one attached hydrogen (secondary N) is 1. The van der Waals surface area contributed by atoms with Crippen molar-refractivity contribution < 1.29 is 0 Å². The Morgan fingerprint density at radius 1 is 1.36 bits per heavy atom. The van der Waals surface area contributed by atoms with Gasteiger partial charge in [-0.2, -0.15) is 0 Å². The Hall–Kier alpha value is -0.180. The minimum Gasteiger partial charge on any atom is -0.319 e. The first-order chi connectivity index (χ1) is 6.72. The highest BCUT2D eigenvalue weighted by Crippen LogP contribution is 2.22. The van der Waals surface area contributed by atoms with E-state index < -0.39 is 0 Å². The molecular formula is C11H16ClNS. The average molecular weight is 230 g/mol. The maximum atomic E-state index is 5.80. The molecular weight excluding hydrogens is 214 g/mol. The summed E-state index contributed by atoms with van der Waals surface area (Å²) in [6, 6.07) is 8.01. The third-order valence-electron chi connectivity index (χ3n) is 1.90. The molecule has 1 N–H and O–H groups in total. The Morgan fingerprint density at radius 3 is 2.57 bits per heavy atom. The van der Waals surface area contributed by atoms with Gasteiger partial charge in [0.2, 0.25) is 0 Å². The van der Waals surface area contributed by atoms with Gasteiger partial charge in [0.15, 0.2) is 0 Å². The number of rotatable bonds is 5. The van der Waals surface area contributed by atoms with Crippen LogP contribution in [0.3, 0.4) is 0 Å². The number of hydrogen-bond acceptors (Lipinski definition) is 2. The molecule has 1 unspecified atom stereocenters. The number of halogens is 1. The fraction of sp³-hybridized carbons (Fsp3) is 0.455. The van der Waals surface area contributed by atoms with Gasteiger partial charge in [0.05, 0.1) is 0 Å². The molecule has 0 spiro atoms. The maximum absolute atomic E-state index is 5.80. The standard InChI is InChI=1S/C11H16ClNS/c1-9(7-13-2)8-14-11-5-3-10(12)4-6-11/h3-6,9,13H,7-8H2,1-2H3. The SMILES string of the molecule is CNCC(C)CSc1ccc(Cl)cc1. The van der Waals surface area contributed by atoms with E-state index in [9.17, 15) is 0 Å². The lowest BCUT2D eigenvalue weighted by molar-refractivity contribution is 0.603. The van der Waals surface area contributed by atoms with Gasteiger partial charge in [-0.3, -0.25) is 0 Å². The van der Waals surface area contributed by atoms with Gasteiger partial charge in [-0.05, 0) is 43.8 Å². The topological polar surface area (TPSA) is 12.0 Å². The van der Waals surface area contributed by atoms with Gasteiger partial charge < -0.3 is 5.32 Å². The molecule has 0 aliphatic carbocycles. The highest BCUT2D eigenvalue weighted by molar-refractivity contribution is 7.99. The zero-order valence-corrected chi connectivity index (χ0v) is 10.2. The summed E-state index contributed by atoms with van der Waals surface area (Å²) in [5, 5.41) is 3.98. The van der Waals surface area contributed by atoms with Gasteiger partial charge in [0, 0.05) is 15.7 Å². The lowest BCUT2D eigenvalue weighted by Gasteiger charge is -2.09. The number of hydrogen-bond donors (Lipinski definition) is 1. The second kappa shape index (κ2) is 6.33. The largest absolute Gasteiger partial charge is 0.319 e. The first-order valence-electron chi connectivity index (χ1n) is 4.75. The van der Waals surface area contributed by atoms with E-state index >= 15 is 0 Å². The van der Waals surface area contributed by atoms with Crippen LogP contribution in [0.1, 0.15) is 6.92 Å². The molecule has 1 nitrogen and oxygen atoms in total. The Kier molecular flexibility index (Phi) is 5.38. The molecule has 78 valence electrons. The van der Waals surface area contributed by atoms with Crippen molar-refractivity contribution in [2.45, 2.75) is 11.8 Å². The lowest BCUT2D eigenvalue weighted by atomic mass is 10.2. The second-order valence-corrected chi connectivity index (χ2v) is 4.96. The van der Waals surface area contributed by atoms with Crippen LogP contribution in [0.25, 0.3) is 0 Å². The molecule has 0 fully saturated rings. The molecule has 0 aromatic heterocycles. The van der Waals surface area contributed by atoms with E-state index in [1.165, 1.54) is 4.90 Å². The summed E-state index contributed by atoms with van der Waals surface area (Å²) in [4.78, 5) is 1.29. The van der Waals surface area contributed by atoms with Gasteiger partial charge in [-0.1, -0.05) is 18.5 Å². The molecule has 0 saturated heterocycles. The molecule has 0 aliphatic rings. The average Bonchev–Trinajstić information content (AvgIpc) is 2.17. The zero-order valence-electron chi connectivity index (χ0n) is 8.59. The van der Waals surface area contributed by atoms with Crippen LogP contribution in [0, 0.1) is 5.92 Å². The number of thioether (sulfide) groups is 1.